The molecule has 1 atom stereocenters. The zero-order chi connectivity index (χ0) is 14.7. The highest BCUT2D eigenvalue weighted by Gasteiger charge is 2.13. The van der Waals surface area contributed by atoms with Crippen LogP contribution in [0.15, 0.2) is 36.5 Å². The second-order valence-electron chi connectivity index (χ2n) is 4.34. The molecule has 1 amide bonds. The quantitative estimate of drug-likeness (QED) is 0.807. The molecule has 2 rings (SSSR count). The number of carbonyl (C=O) groups is 1. The number of nitrogens with one attached hydrogen (secondary N) is 1. The van der Waals surface area contributed by atoms with Crippen molar-refractivity contribution in [2.24, 2.45) is 5.73 Å². The van der Waals surface area contributed by atoms with Gasteiger partial charge in [-0.05, 0) is 19.1 Å². The van der Waals surface area contributed by atoms with Crippen LogP contribution < -0.4 is 11.1 Å². The Morgan fingerprint density at radius 3 is 2.75 bits per heavy atom. The molecule has 6 heteroatoms. The molecule has 1 unspecified atom stereocenters. The van der Waals surface area contributed by atoms with Gasteiger partial charge in [-0.2, -0.15) is 0 Å². The number of aromatic hydroxyl groups is 1. The predicted octanol–water partition coefficient (Wildman–Crippen LogP) is 2.39. The summed E-state index contributed by atoms with van der Waals surface area (Å²) in [6.45, 7) is 1.59. The highest BCUT2D eigenvalue weighted by atomic mass is 35.5. The van der Waals surface area contributed by atoms with Crippen LogP contribution in [0.1, 0.15) is 6.92 Å². The van der Waals surface area contributed by atoms with E-state index in [9.17, 15) is 9.90 Å². The molecule has 5 nitrogen and oxygen atoms in total. The summed E-state index contributed by atoms with van der Waals surface area (Å²) in [7, 11) is 0. The number of pyridine rings is 1. The third-order valence-corrected chi connectivity index (χ3v) is 3.16. The third kappa shape index (κ3) is 3.00. The Hall–Kier alpha value is -2.27. The molecule has 0 bridgehead atoms. The molecule has 0 spiro atoms. The van der Waals surface area contributed by atoms with Gasteiger partial charge >= 0.3 is 0 Å². The number of aromatic nitrogens is 1. The van der Waals surface area contributed by atoms with Crippen molar-refractivity contribution in [2.75, 3.05) is 5.32 Å². The van der Waals surface area contributed by atoms with E-state index < -0.39 is 11.9 Å². The van der Waals surface area contributed by atoms with Crippen molar-refractivity contribution in [1.29, 1.82) is 0 Å². The van der Waals surface area contributed by atoms with E-state index in [0.717, 1.165) is 5.56 Å². The first-order chi connectivity index (χ1) is 9.49. The summed E-state index contributed by atoms with van der Waals surface area (Å²) in [6.07, 6.45) is 1.57. The lowest BCUT2D eigenvalue weighted by Gasteiger charge is -2.13. The van der Waals surface area contributed by atoms with Crippen LogP contribution in [0.25, 0.3) is 11.1 Å². The molecule has 1 aromatic heterocycles. The Bertz CT molecular complexity index is 646. The molecule has 1 aromatic carbocycles. The van der Waals surface area contributed by atoms with Gasteiger partial charge in [-0.1, -0.05) is 29.8 Å². The fraction of sp³-hybridized carbons (Fsp3) is 0.143. The number of anilines is 1. The van der Waals surface area contributed by atoms with Crippen LogP contribution in [0.5, 0.6) is 5.75 Å². The molecule has 0 saturated heterocycles. The highest BCUT2D eigenvalue weighted by molar-refractivity contribution is 6.33. The molecular weight excluding hydrogens is 278 g/mol. The Morgan fingerprint density at radius 1 is 1.45 bits per heavy atom. The first-order valence-electron chi connectivity index (χ1n) is 5.99. The van der Waals surface area contributed by atoms with E-state index in [0.29, 0.717) is 10.6 Å². The van der Waals surface area contributed by atoms with Crippen molar-refractivity contribution in [2.45, 2.75) is 13.0 Å². The van der Waals surface area contributed by atoms with Crippen LogP contribution in [0, 0.1) is 0 Å². The summed E-state index contributed by atoms with van der Waals surface area (Å²) in [5.41, 5.74) is 6.60. The van der Waals surface area contributed by atoms with Gasteiger partial charge < -0.3 is 16.2 Å². The summed E-state index contributed by atoms with van der Waals surface area (Å²) in [5, 5.41) is 13.3. The summed E-state index contributed by atoms with van der Waals surface area (Å²) < 4.78 is 0. The second-order valence-corrected chi connectivity index (χ2v) is 4.75. The lowest BCUT2D eigenvalue weighted by atomic mass is 10.1. The Labute approximate surface area is 121 Å². The van der Waals surface area contributed by atoms with Gasteiger partial charge in [-0.25, -0.2) is 4.98 Å². The van der Waals surface area contributed by atoms with Crippen molar-refractivity contribution in [3.63, 3.8) is 0 Å². The largest absolute Gasteiger partial charge is 0.504 e. The number of halogens is 1. The number of carbonyl (C=O) groups excluding carboxylic acids is 1. The molecule has 2 aromatic rings. The third-order valence-electron chi connectivity index (χ3n) is 2.83. The zero-order valence-corrected chi connectivity index (χ0v) is 11.6. The van der Waals surface area contributed by atoms with Crippen molar-refractivity contribution in [1.82, 2.24) is 4.98 Å². The summed E-state index contributed by atoms with van der Waals surface area (Å²) in [4.78, 5) is 15.1. The lowest BCUT2D eigenvalue weighted by Crippen LogP contribution is -2.32. The van der Waals surface area contributed by atoms with Gasteiger partial charge in [0.1, 0.15) is 6.04 Å². The maximum atomic E-state index is 11.0. The second kappa shape index (κ2) is 5.79. The van der Waals surface area contributed by atoms with Gasteiger partial charge in [0.05, 0.1) is 0 Å². The number of rotatable bonds is 4. The topological polar surface area (TPSA) is 88.2 Å². The molecule has 0 fully saturated rings. The van der Waals surface area contributed by atoms with E-state index in [1.165, 1.54) is 6.07 Å². The molecule has 4 N–H and O–H groups in total. The van der Waals surface area contributed by atoms with E-state index in [-0.39, 0.29) is 11.6 Å². The summed E-state index contributed by atoms with van der Waals surface area (Å²) in [6, 6.07) is 8.17. The molecule has 0 aliphatic carbocycles. The lowest BCUT2D eigenvalue weighted by molar-refractivity contribution is -0.118. The number of hydrogen-bond acceptors (Lipinski definition) is 4. The van der Waals surface area contributed by atoms with Gasteiger partial charge in [-0.15, -0.1) is 0 Å². The molecular formula is C14H14ClN3O2. The average Bonchev–Trinajstić information content (AvgIpc) is 2.41. The van der Waals surface area contributed by atoms with Gasteiger partial charge in [-0.3, -0.25) is 4.79 Å². The smallest absolute Gasteiger partial charge is 0.239 e. The van der Waals surface area contributed by atoms with Crippen molar-refractivity contribution in [3.8, 4) is 16.9 Å². The molecule has 0 aliphatic heterocycles. The minimum atomic E-state index is -0.625. The van der Waals surface area contributed by atoms with Crippen LogP contribution >= 0.6 is 11.6 Å². The number of primary amides is 1. The van der Waals surface area contributed by atoms with Crippen LogP contribution in [-0.4, -0.2) is 22.0 Å². The zero-order valence-electron chi connectivity index (χ0n) is 10.8. The number of nitrogens with two attached hydrogens (primary N) is 1. The number of amides is 1. The van der Waals surface area contributed by atoms with E-state index in [1.54, 1.807) is 19.2 Å². The minimum absolute atomic E-state index is 0.0736. The normalized spacial score (nSPS) is 11.9. The number of nitrogens with zero attached hydrogens (tertiary/aromatic N) is 1. The molecule has 20 heavy (non-hydrogen) atoms. The maximum Gasteiger partial charge on any atom is 0.239 e. The van der Waals surface area contributed by atoms with Crippen LogP contribution in [0.2, 0.25) is 5.02 Å². The SMILES string of the molecule is CC(Nc1ncc(-c2ccccc2Cl)cc1O)C(N)=O. The first kappa shape index (κ1) is 14.1. The van der Waals surface area contributed by atoms with E-state index in [4.69, 9.17) is 17.3 Å². The average molecular weight is 292 g/mol. The van der Waals surface area contributed by atoms with E-state index >= 15 is 0 Å². The Morgan fingerprint density at radius 2 is 2.15 bits per heavy atom. The molecule has 0 saturated carbocycles. The first-order valence-corrected chi connectivity index (χ1v) is 6.36. The fourth-order valence-electron chi connectivity index (χ4n) is 1.68. The number of benzene rings is 1. The predicted molar refractivity (Wildman–Crippen MR) is 78.6 cm³/mol. The van der Waals surface area contributed by atoms with Crippen LogP contribution in [0.4, 0.5) is 5.82 Å². The van der Waals surface area contributed by atoms with Crippen molar-refractivity contribution >= 4 is 23.3 Å². The van der Waals surface area contributed by atoms with Gasteiger partial charge in [0, 0.05) is 22.3 Å². The van der Waals surface area contributed by atoms with Gasteiger partial charge in [0.2, 0.25) is 5.91 Å². The molecule has 0 radical (unpaired) electrons. The Kier molecular flexibility index (Phi) is 4.10. The van der Waals surface area contributed by atoms with E-state index in [2.05, 4.69) is 10.3 Å². The maximum absolute atomic E-state index is 11.0. The van der Waals surface area contributed by atoms with E-state index in [1.807, 2.05) is 18.2 Å². The van der Waals surface area contributed by atoms with Crippen LogP contribution in [0.3, 0.4) is 0 Å². The molecule has 0 aliphatic rings. The van der Waals surface area contributed by atoms with Gasteiger partial charge in [0.25, 0.3) is 0 Å². The van der Waals surface area contributed by atoms with Crippen molar-refractivity contribution < 1.29 is 9.90 Å². The number of hydrogen-bond donors (Lipinski definition) is 3. The van der Waals surface area contributed by atoms with Crippen molar-refractivity contribution in [3.05, 3.63) is 41.6 Å². The standard InChI is InChI=1S/C14H14ClN3O2/c1-8(13(16)20)18-14-12(19)6-9(7-17-14)10-4-2-3-5-11(10)15/h2-8,19H,1H3,(H2,16,20)(H,17,18). The highest BCUT2D eigenvalue weighted by Crippen LogP contribution is 2.31. The summed E-state index contributed by atoms with van der Waals surface area (Å²) in [5.74, 6) is -0.399. The molecule has 104 valence electrons. The molecule has 1 heterocycles. The minimum Gasteiger partial charge on any atom is -0.504 e. The fourth-order valence-corrected chi connectivity index (χ4v) is 1.93. The summed E-state index contributed by atoms with van der Waals surface area (Å²) >= 11 is 6.09. The van der Waals surface area contributed by atoms with Crippen LogP contribution in [-0.2, 0) is 4.79 Å². The van der Waals surface area contributed by atoms with Gasteiger partial charge in [0.15, 0.2) is 11.6 Å². The monoisotopic (exact) mass is 291 g/mol. The Balaban J connectivity index is 2.31.